The van der Waals surface area contributed by atoms with Gasteiger partial charge in [0.2, 0.25) is 0 Å². The maximum absolute atomic E-state index is 11.6. The molecule has 0 heterocycles. The molecule has 0 bridgehead atoms. The van der Waals surface area contributed by atoms with Gasteiger partial charge in [-0.2, -0.15) is 0 Å². The van der Waals surface area contributed by atoms with E-state index in [0.29, 0.717) is 29.8 Å². The van der Waals surface area contributed by atoms with Crippen LogP contribution in [-0.4, -0.2) is 11.6 Å². The van der Waals surface area contributed by atoms with Crippen molar-refractivity contribution in [1.29, 1.82) is 0 Å². The van der Waals surface area contributed by atoms with Gasteiger partial charge in [-0.15, -0.1) is 0 Å². The van der Waals surface area contributed by atoms with E-state index >= 15 is 0 Å². The summed E-state index contributed by atoms with van der Waals surface area (Å²) in [5.74, 6) is 0.187. The molecule has 0 atom stereocenters. The molecule has 2 nitrogen and oxygen atoms in total. The molecule has 0 saturated heterocycles. The highest BCUT2D eigenvalue weighted by molar-refractivity contribution is 6.30. The molecule has 80 valence electrons. The lowest BCUT2D eigenvalue weighted by atomic mass is 10.0. The van der Waals surface area contributed by atoms with Gasteiger partial charge in [0.05, 0.1) is 0 Å². The molecule has 1 rings (SSSR count). The van der Waals surface area contributed by atoms with Gasteiger partial charge < -0.3 is 4.79 Å². The van der Waals surface area contributed by atoms with Crippen molar-refractivity contribution in [2.24, 2.45) is 0 Å². The normalized spacial score (nSPS) is 10.0. The summed E-state index contributed by atoms with van der Waals surface area (Å²) >= 11 is 5.71. The summed E-state index contributed by atoms with van der Waals surface area (Å²) in [5, 5.41) is 0.621. The fourth-order valence-electron chi connectivity index (χ4n) is 1.28. The fraction of sp³-hybridized carbons (Fsp3) is 0.333. The third-order valence-electron chi connectivity index (χ3n) is 2.10. The first kappa shape index (κ1) is 11.9. The molecule has 0 aromatic heterocycles. The van der Waals surface area contributed by atoms with Crippen LogP contribution in [0.5, 0.6) is 0 Å². The summed E-state index contributed by atoms with van der Waals surface area (Å²) in [6.45, 7) is 1.53. The summed E-state index contributed by atoms with van der Waals surface area (Å²) in [4.78, 5) is 22.3. The fourth-order valence-corrected chi connectivity index (χ4v) is 1.40. The lowest BCUT2D eigenvalue weighted by Gasteiger charge is -2.00. The molecular weight excluding hydrogens is 212 g/mol. The van der Waals surface area contributed by atoms with Gasteiger partial charge in [-0.25, -0.2) is 0 Å². The quantitative estimate of drug-likeness (QED) is 0.720. The molecule has 0 saturated carbocycles. The van der Waals surface area contributed by atoms with E-state index in [1.54, 1.807) is 24.3 Å². The van der Waals surface area contributed by atoms with Crippen LogP contribution in [-0.2, 0) is 4.79 Å². The minimum atomic E-state index is 0.0629. The molecule has 0 fully saturated rings. The Hall–Kier alpha value is -1.15. The second-order valence-electron chi connectivity index (χ2n) is 3.49. The maximum atomic E-state index is 11.6. The zero-order chi connectivity index (χ0) is 11.3. The number of carbonyl (C=O) groups excluding carboxylic acids is 2. The molecule has 0 aliphatic rings. The van der Waals surface area contributed by atoms with Crippen LogP contribution in [0.25, 0.3) is 0 Å². The SMILES string of the molecule is CC(=O)CCCC(=O)c1ccc(Cl)cc1. The first-order valence-electron chi connectivity index (χ1n) is 4.88. The number of carbonyl (C=O) groups is 2. The Bertz CT molecular complexity index is 354. The van der Waals surface area contributed by atoms with Crippen molar-refractivity contribution < 1.29 is 9.59 Å². The number of hydrogen-bond donors (Lipinski definition) is 0. The molecule has 0 aliphatic heterocycles. The number of benzene rings is 1. The van der Waals surface area contributed by atoms with E-state index in [4.69, 9.17) is 11.6 Å². The summed E-state index contributed by atoms with van der Waals surface area (Å²) in [6, 6.07) is 6.80. The molecule has 15 heavy (non-hydrogen) atoms. The van der Waals surface area contributed by atoms with Gasteiger partial charge in [0.25, 0.3) is 0 Å². The Balaban J connectivity index is 2.47. The minimum absolute atomic E-state index is 0.0629. The third-order valence-corrected chi connectivity index (χ3v) is 2.35. The van der Waals surface area contributed by atoms with Gasteiger partial charge in [-0.05, 0) is 37.6 Å². The van der Waals surface area contributed by atoms with Gasteiger partial charge in [-0.3, -0.25) is 4.79 Å². The topological polar surface area (TPSA) is 34.1 Å². The van der Waals surface area contributed by atoms with Crippen molar-refractivity contribution in [2.75, 3.05) is 0 Å². The molecule has 1 aromatic rings. The third kappa shape index (κ3) is 4.26. The molecule has 0 spiro atoms. The number of ketones is 2. The van der Waals surface area contributed by atoms with E-state index in [-0.39, 0.29) is 11.6 Å². The first-order chi connectivity index (χ1) is 7.09. The molecule has 0 N–H and O–H groups in total. The van der Waals surface area contributed by atoms with Crippen molar-refractivity contribution in [1.82, 2.24) is 0 Å². The Labute approximate surface area is 94.2 Å². The smallest absolute Gasteiger partial charge is 0.162 e. The van der Waals surface area contributed by atoms with Gasteiger partial charge in [0.15, 0.2) is 5.78 Å². The molecule has 0 amide bonds. The van der Waals surface area contributed by atoms with Crippen LogP contribution in [0.1, 0.15) is 36.5 Å². The van der Waals surface area contributed by atoms with Crippen molar-refractivity contribution in [3.63, 3.8) is 0 Å². The lowest BCUT2D eigenvalue weighted by Crippen LogP contribution is -2.00. The van der Waals surface area contributed by atoms with Gasteiger partial charge in [0.1, 0.15) is 5.78 Å². The van der Waals surface area contributed by atoms with Crippen molar-refractivity contribution >= 4 is 23.2 Å². The molecule has 0 radical (unpaired) electrons. The molecule has 3 heteroatoms. The summed E-state index contributed by atoms with van der Waals surface area (Å²) < 4.78 is 0. The van der Waals surface area contributed by atoms with E-state index in [9.17, 15) is 9.59 Å². The average Bonchev–Trinajstić information content (AvgIpc) is 2.18. The zero-order valence-corrected chi connectivity index (χ0v) is 9.38. The van der Waals surface area contributed by atoms with Crippen LogP contribution in [0.3, 0.4) is 0 Å². The number of Topliss-reactive ketones (excluding diaryl/α,β-unsaturated/α-hetero) is 2. The highest BCUT2D eigenvalue weighted by Gasteiger charge is 2.05. The zero-order valence-electron chi connectivity index (χ0n) is 8.63. The monoisotopic (exact) mass is 224 g/mol. The van der Waals surface area contributed by atoms with Gasteiger partial charge in [0, 0.05) is 23.4 Å². The van der Waals surface area contributed by atoms with Crippen LogP contribution in [0.2, 0.25) is 5.02 Å². The average molecular weight is 225 g/mol. The van der Waals surface area contributed by atoms with Gasteiger partial charge in [-0.1, -0.05) is 11.6 Å². The van der Waals surface area contributed by atoms with Crippen LogP contribution >= 0.6 is 11.6 Å². The van der Waals surface area contributed by atoms with E-state index in [0.717, 1.165) is 0 Å². The van der Waals surface area contributed by atoms with Crippen LogP contribution < -0.4 is 0 Å². The Morgan fingerprint density at radius 3 is 2.27 bits per heavy atom. The highest BCUT2D eigenvalue weighted by Crippen LogP contribution is 2.12. The maximum Gasteiger partial charge on any atom is 0.162 e. The molecule has 0 aliphatic carbocycles. The largest absolute Gasteiger partial charge is 0.300 e. The molecular formula is C12H13ClO2. The highest BCUT2D eigenvalue weighted by atomic mass is 35.5. The van der Waals surface area contributed by atoms with Crippen molar-refractivity contribution in [3.8, 4) is 0 Å². The minimum Gasteiger partial charge on any atom is -0.300 e. The Kier molecular flexibility index (Phi) is 4.50. The number of rotatable bonds is 5. The Morgan fingerprint density at radius 2 is 1.73 bits per heavy atom. The number of halogens is 1. The predicted octanol–water partition coefficient (Wildman–Crippen LogP) is 3.28. The van der Waals surface area contributed by atoms with Crippen LogP contribution in [0.4, 0.5) is 0 Å². The van der Waals surface area contributed by atoms with E-state index in [1.807, 2.05) is 0 Å². The van der Waals surface area contributed by atoms with Crippen molar-refractivity contribution in [2.45, 2.75) is 26.2 Å². The van der Waals surface area contributed by atoms with Crippen LogP contribution in [0.15, 0.2) is 24.3 Å². The second kappa shape index (κ2) is 5.66. The predicted molar refractivity (Wildman–Crippen MR) is 60.3 cm³/mol. The summed E-state index contributed by atoms with van der Waals surface area (Å²) in [6.07, 6.45) is 1.51. The molecule has 1 aromatic carbocycles. The summed E-state index contributed by atoms with van der Waals surface area (Å²) in [5.41, 5.74) is 0.656. The van der Waals surface area contributed by atoms with E-state index in [2.05, 4.69) is 0 Å². The summed E-state index contributed by atoms with van der Waals surface area (Å²) in [7, 11) is 0. The lowest BCUT2D eigenvalue weighted by molar-refractivity contribution is -0.117. The van der Waals surface area contributed by atoms with E-state index < -0.39 is 0 Å². The second-order valence-corrected chi connectivity index (χ2v) is 3.92. The van der Waals surface area contributed by atoms with Gasteiger partial charge >= 0.3 is 0 Å². The van der Waals surface area contributed by atoms with E-state index in [1.165, 1.54) is 6.92 Å². The standard InChI is InChI=1S/C12H13ClO2/c1-9(14)3-2-4-12(15)10-5-7-11(13)8-6-10/h5-8H,2-4H2,1H3. The Morgan fingerprint density at radius 1 is 1.13 bits per heavy atom. The molecule has 0 unspecified atom stereocenters. The van der Waals surface area contributed by atoms with Crippen molar-refractivity contribution in [3.05, 3.63) is 34.9 Å². The first-order valence-corrected chi connectivity index (χ1v) is 5.25. The number of hydrogen-bond acceptors (Lipinski definition) is 2. The van der Waals surface area contributed by atoms with Crippen LogP contribution in [0, 0.1) is 0 Å².